The van der Waals surface area contributed by atoms with E-state index in [4.69, 9.17) is 27.9 Å². The predicted octanol–water partition coefficient (Wildman–Crippen LogP) is 7.46. The first-order valence-corrected chi connectivity index (χ1v) is 12.6. The summed E-state index contributed by atoms with van der Waals surface area (Å²) in [6.07, 6.45) is -5.12. The number of ether oxygens (including phenoxy) is 1. The first-order chi connectivity index (χ1) is 17.6. The van der Waals surface area contributed by atoms with Gasteiger partial charge in [-0.25, -0.2) is 0 Å². The lowest BCUT2D eigenvalue weighted by Crippen LogP contribution is -2.16. The van der Waals surface area contributed by atoms with E-state index in [-0.39, 0.29) is 16.5 Å². The van der Waals surface area contributed by atoms with Gasteiger partial charge in [0.1, 0.15) is 5.75 Å². The first kappa shape index (κ1) is 26.8. The number of carbonyl (C=O) groups is 1. The van der Waals surface area contributed by atoms with E-state index in [2.05, 4.69) is 15.5 Å². The van der Waals surface area contributed by atoms with Crippen LogP contribution in [0.15, 0.2) is 78.0 Å². The molecule has 1 heterocycles. The van der Waals surface area contributed by atoms with Crippen LogP contribution in [0.5, 0.6) is 5.75 Å². The van der Waals surface area contributed by atoms with E-state index in [0.29, 0.717) is 21.8 Å². The smallest absolute Gasteiger partial charge is 0.416 e. The van der Waals surface area contributed by atoms with E-state index in [0.717, 1.165) is 35.6 Å². The molecule has 3 aromatic carbocycles. The number of hydrogen-bond donors (Lipinski definition) is 1. The van der Waals surface area contributed by atoms with Crippen LogP contribution in [0, 0.1) is 0 Å². The van der Waals surface area contributed by atoms with Crippen molar-refractivity contribution in [2.24, 2.45) is 0 Å². The van der Waals surface area contributed by atoms with Crippen molar-refractivity contribution in [2.75, 3.05) is 11.1 Å². The van der Waals surface area contributed by atoms with Gasteiger partial charge < -0.3 is 10.1 Å². The molecule has 1 atom stereocenters. The van der Waals surface area contributed by atoms with Crippen LogP contribution in [0.3, 0.4) is 0 Å². The van der Waals surface area contributed by atoms with Crippen LogP contribution >= 0.6 is 35.0 Å². The third-order valence-corrected chi connectivity index (χ3v) is 6.65. The van der Waals surface area contributed by atoms with Crippen LogP contribution in [-0.4, -0.2) is 26.4 Å². The molecule has 1 N–H and O–H groups in total. The molecule has 0 saturated carbocycles. The average Bonchev–Trinajstić information content (AvgIpc) is 3.29. The van der Waals surface area contributed by atoms with Crippen molar-refractivity contribution < 1.29 is 22.7 Å². The molecule has 1 unspecified atom stereocenters. The summed E-state index contributed by atoms with van der Waals surface area (Å²) in [7, 11) is 0. The third-order valence-electron chi connectivity index (χ3n) is 5.08. The molecular formula is C25H19Cl2F3N4O2S. The number of benzene rings is 3. The predicted molar refractivity (Wildman–Crippen MR) is 138 cm³/mol. The molecule has 12 heteroatoms. The van der Waals surface area contributed by atoms with Gasteiger partial charge in [-0.15, -0.1) is 10.2 Å². The fourth-order valence-corrected chi connectivity index (χ4v) is 4.46. The van der Waals surface area contributed by atoms with Gasteiger partial charge in [0.05, 0.1) is 27.0 Å². The number of thioether (sulfide) groups is 1. The second-order valence-electron chi connectivity index (χ2n) is 7.73. The second kappa shape index (κ2) is 11.5. The number of amides is 1. The molecule has 0 aliphatic carbocycles. The zero-order valence-electron chi connectivity index (χ0n) is 19.2. The number of alkyl halides is 3. The molecule has 1 amide bonds. The van der Waals surface area contributed by atoms with Gasteiger partial charge in [0, 0.05) is 5.69 Å². The molecule has 4 aromatic rings. The van der Waals surface area contributed by atoms with Gasteiger partial charge in [-0.3, -0.25) is 9.36 Å². The van der Waals surface area contributed by atoms with Gasteiger partial charge in [-0.1, -0.05) is 65.3 Å². The Morgan fingerprint density at radius 3 is 2.43 bits per heavy atom. The summed E-state index contributed by atoms with van der Waals surface area (Å²) in [6, 6.07) is 19.0. The van der Waals surface area contributed by atoms with Crippen molar-refractivity contribution in [3.8, 4) is 11.4 Å². The number of para-hydroxylation sites is 2. The monoisotopic (exact) mass is 566 g/mol. The van der Waals surface area contributed by atoms with E-state index >= 15 is 0 Å². The zero-order chi connectivity index (χ0) is 26.6. The Balaban J connectivity index is 1.54. The summed E-state index contributed by atoms with van der Waals surface area (Å²) < 4.78 is 46.9. The molecule has 0 bridgehead atoms. The number of rotatable bonds is 8. The van der Waals surface area contributed by atoms with Crippen LogP contribution in [0.4, 0.5) is 18.9 Å². The number of aromatic nitrogens is 3. The number of carbonyl (C=O) groups excluding carboxylic acids is 1. The van der Waals surface area contributed by atoms with E-state index in [9.17, 15) is 18.0 Å². The molecule has 192 valence electrons. The topological polar surface area (TPSA) is 69.0 Å². The zero-order valence-corrected chi connectivity index (χ0v) is 21.5. The van der Waals surface area contributed by atoms with E-state index in [1.807, 2.05) is 30.3 Å². The Bertz CT molecular complexity index is 1400. The summed E-state index contributed by atoms with van der Waals surface area (Å²) in [6.45, 7) is 1.80. The van der Waals surface area contributed by atoms with Gasteiger partial charge >= 0.3 is 6.18 Å². The van der Waals surface area contributed by atoms with Crippen molar-refractivity contribution in [3.05, 3.63) is 94.2 Å². The minimum atomic E-state index is -4.57. The molecule has 6 nitrogen and oxygen atoms in total. The van der Waals surface area contributed by atoms with Crippen LogP contribution < -0.4 is 10.1 Å². The van der Waals surface area contributed by atoms with Crippen LogP contribution in [0.25, 0.3) is 5.69 Å². The number of hydrogen-bond acceptors (Lipinski definition) is 5. The average molecular weight is 567 g/mol. The van der Waals surface area contributed by atoms with Crippen molar-refractivity contribution >= 4 is 46.6 Å². The Kier molecular flexibility index (Phi) is 8.31. The molecule has 0 saturated heterocycles. The maximum Gasteiger partial charge on any atom is 0.416 e. The molecule has 0 aliphatic rings. The second-order valence-corrected chi connectivity index (χ2v) is 9.49. The summed E-state index contributed by atoms with van der Waals surface area (Å²) in [4.78, 5) is 12.6. The number of nitrogens with zero attached hydrogens (tertiary/aromatic N) is 3. The molecule has 0 radical (unpaired) electrons. The van der Waals surface area contributed by atoms with Crippen LogP contribution in [-0.2, 0) is 11.0 Å². The van der Waals surface area contributed by atoms with E-state index in [1.54, 1.807) is 35.8 Å². The minimum absolute atomic E-state index is 0.00775. The summed E-state index contributed by atoms with van der Waals surface area (Å²) in [5.41, 5.74) is -0.309. The number of anilines is 1. The Hall–Kier alpha value is -3.21. The van der Waals surface area contributed by atoms with Gasteiger partial charge in [0.15, 0.2) is 17.1 Å². The van der Waals surface area contributed by atoms with Crippen LogP contribution in [0.2, 0.25) is 10.0 Å². The molecule has 0 spiro atoms. The quantitative estimate of drug-likeness (QED) is 0.224. The lowest BCUT2D eigenvalue weighted by atomic mass is 10.2. The molecule has 0 aliphatic heterocycles. The van der Waals surface area contributed by atoms with Gasteiger partial charge in [0.2, 0.25) is 5.91 Å². The highest BCUT2D eigenvalue weighted by Crippen LogP contribution is 2.34. The lowest BCUT2D eigenvalue weighted by Gasteiger charge is -2.17. The molecular weight excluding hydrogens is 548 g/mol. The third kappa shape index (κ3) is 6.57. The fourth-order valence-electron chi connectivity index (χ4n) is 3.35. The van der Waals surface area contributed by atoms with Gasteiger partial charge in [-0.2, -0.15) is 13.2 Å². The highest BCUT2D eigenvalue weighted by Gasteiger charge is 2.31. The van der Waals surface area contributed by atoms with E-state index < -0.39 is 23.8 Å². The minimum Gasteiger partial charge on any atom is -0.481 e. The molecule has 37 heavy (non-hydrogen) atoms. The number of nitrogens with one attached hydrogen (secondary N) is 1. The lowest BCUT2D eigenvalue weighted by molar-refractivity contribution is -0.137. The highest BCUT2D eigenvalue weighted by molar-refractivity contribution is 7.99. The standard InChI is InChI=1S/C25H19Cl2F3N4O2S/c1-15(36-21-10-6-5-9-19(21)27)23-32-33-24(34(23)17-7-3-2-4-8-17)37-14-22(35)31-20-13-16(25(28,29)30)11-12-18(20)26/h2-13,15H,14H2,1H3,(H,31,35). The molecule has 0 fully saturated rings. The van der Waals surface area contributed by atoms with Crippen LogP contribution in [0.1, 0.15) is 24.4 Å². The van der Waals surface area contributed by atoms with Gasteiger partial charge in [-0.05, 0) is 49.4 Å². The highest BCUT2D eigenvalue weighted by atomic mass is 35.5. The fraction of sp³-hybridized carbons (Fsp3) is 0.160. The SMILES string of the molecule is CC(Oc1ccccc1Cl)c1nnc(SCC(=O)Nc2cc(C(F)(F)F)ccc2Cl)n1-c1ccccc1. The Morgan fingerprint density at radius 2 is 1.73 bits per heavy atom. The van der Waals surface area contributed by atoms with E-state index in [1.165, 1.54) is 0 Å². The maximum atomic E-state index is 13.0. The normalized spacial score (nSPS) is 12.3. The number of halogens is 5. The first-order valence-electron chi connectivity index (χ1n) is 10.8. The summed E-state index contributed by atoms with van der Waals surface area (Å²) >= 11 is 13.3. The van der Waals surface area contributed by atoms with Crippen molar-refractivity contribution in [1.29, 1.82) is 0 Å². The summed E-state index contributed by atoms with van der Waals surface area (Å²) in [5.74, 6) is 0.230. The molecule has 4 rings (SSSR count). The van der Waals surface area contributed by atoms with Crippen molar-refractivity contribution in [3.63, 3.8) is 0 Å². The summed E-state index contributed by atoms with van der Waals surface area (Å²) in [5, 5.41) is 11.8. The van der Waals surface area contributed by atoms with Crippen molar-refractivity contribution in [2.45, 2.75) is 24.4 Å². The van der Waals surface area contributed by atoms with Crippen molar-refractivity contribution in [1.82, 2.24) is 14.8 Å². The Labute approximate surface area is 224 Å². The largest absolute Gasteiger partial charge is 0.481 e. The maximum absolute atomic E-state index is 13.0. The molecule has 1 aromatic heterocycles. The van der Waals surface area contributed by atoms with Gasteiger partial charge in [0.25, 0.3) is 0 Å². The Morgan fingerprint density at radius 1 is 1.03 bits per heavy atom.